The molecule has 0 fully saturated rings. The highest BCUT2D eigenvalue weighted by atomic mass is 16.4. The molecule has 80 valence electrons. The van der Waals surface area contributed by atoms with E-state index in [2.05, 4.69) is 5.32 Å². The number of aldehydes is 1. The first-order valence-electron chi connectivity index (χ1n) is 4.50. The summed E-state index contributed by atoms with van der Waals surface area (Å²) in [4.78, 5) is 20.2. The van der Waals surface area contributed by atoms with Crippen molar-refractivity contribution in [1.82, 2.24) is 5.32 Å². The van der Waals surface area contributed by atoms with Gasteiger partial charge in [-0.15, -0.1) is 0 Å². The van der Waals surface area contributed by atoms with Crippen LogP contribution >= 0.6 is 0 Å². The number of carbonyl (C=O) groups is 2. The number of allylic oxidation sites excluding steroid dienone is 1. The van der Waals surface area contributed by atoms with E-state index in [4.69, 9.17) is 10.8 Å². The van der Waals surface area contributed by atoms with Crippen LogP contribution in [0.2, 0.25) is 0 Å². The van der Waals surface area contributed by atoms with Crippen molar-refractivity contribution in [2.24, 2.45) is 5.73 Å². The first-order chi connectivity index (χ1) is 6.68. The van der Waals surface area contributed by atoms with Crippen molar-refractivity contribution in [3.8, 4) is 0 Å². The molecule has 0 aliphatic heterocycles. The van der Waals surface area contributed by atoms with Crippen LogP contribution in [0.25, 0.3) is 0 Å². The summed E-state index contributed by atoms with van der Waals surface area (Å²) >= 11 is 0. The summed E-state index contributed by atoms with van der Waals surface area (Å²) in [5.41, 5.74) is 5.30. The molecular weight excluding hydrogens is 184 g/mol. The van der Waals surface area contributed by atoms with Crippen molar-refractivity contribution < 1.29 is 14.7 Å². The van der Waals surface area contributed by atoms with E-state index in [0.29, 0.717) is 12.7 Å². The van der Waals surface area contributed by atoms with Gasteiger partial charge in [0.2, 0.25) is 0 Å². The Balaban J connectivity index is 3.25. The fourth-order valence-electron chi connectivity index (χ4n) is 0.905. The maximum Gasteiger partial charge on any atom is 0.320 e. The van der Waals surface area contributed by atoms with Crippen LogP contribution in [-0.2, 0) is 9.59 Å². The predicted molar refractivity (Wildman–Crippen MR) is 52.7 cm³/mol. The van der Waals surface area contributed by atoms with Gasteiger partial charge in [-0.1, -0.05) is 0 Å². The molecule has 5 nitrogen and oxygen atoms in total. The molecule has 4 N–H and O–H groups in total. The van der Waals surface area contributed by atoms with E-state index in [1.807, 2.05) is 0 Å². The number of aliphatic carboxylic acids is 1. The zero-order valence-electron chi connectivity index (χ0n) is 7.98. The second-order valence-electron chi connectivity index (χ2n) is 2.89. The van der Waals surface area contributed by atoms with E-state index in [0.717, 1.165) is 19.4 Å². The van der Waals surface area contributed by atoms with E-state index in [9.17, 15) is 9.59 Å². The second kappa shape index (κ2) is 8.25. The molecule has 0 aromatic heterocycles. The Morgan fingerprint density at radius 2 is 2.21 bits per heavy atom. The number of nitrogens with one attached hydrogen (secondary N) is 1. The predicted octanol–water partition coefficient (Wildman–Crippen LogP) is -0.129. The van der Waals surface area contributed by atoms with Crippen LogP contribution < -0.4 is 11.1 Å². The zero-order chi connectivity index (χ0) is 10.8. The highest BCUT2D eigenvalue weighted by Gasteiger charge is 2.09. The van der Waals surface area contributed by atoms with Crippen LogP contribution in [0, 0.1) is 0 Å². The normalized spacial score (nSPS) is 12.6. The molecule has 0 rings (SSSR count). The topological polar surface area (TPSA) is 92.4 Å². The minimum Gasteiger partial charge on any atom is -0.480 e. The van der Waals surface area contributed by atoms with Crippen LogP contribution in [0.1, 0.15) is 19.3 Å². The summed E-state index contributed by atoms with van der Waals surface area (Å²) in [6.45, 7) is 0.719. The lowest BCUT2D eigenvalue weighted by Crippen LogP contribution is -2.29. The van der Waals surface area contributed by atoms with Crippen LogP contribution in [0.15, 0.2) is 12.3 Å². The Bertz CT molecular complexity index is 204. The van der Waals surface area contributed by atoms with E-state index < -0.39 is 12.0 Å². The third-order valence-corrected chi connectivity index (χ3v) is 1.70. The van der Waals surface area contributed by atoms with Gasteiger partial charge in [0.1, 0.15) is 12.3 Å². The lowest BCUT2D eigenvalue weighted by molar-refractivity contribution is -0.138. The second-order valence-corrected chi connectivity index (χ2v) is 2.89. The molecule has 0 saturated carbocycles. The molecule has 1 atom stereocenters. The number of carboxylic acid groups (broad SMARTS) is 1. The molecule has 0 radical (unpaired) electrons. The molecule has 0 bridgehead atoms. The average Bonchev–Trinajstić information content (AvgIpc) is 2.16. The molecule has 0 saturated heterocycles. The van der Waals surface area contributed by atoms with Gasteiger partial charge in [0, 0.05) is 6.54 Å². The molecule has 0 heterocycles. The van der Waals surface area contributed by atoms with Gasteiger partial charge in [-0.25, -0.2) is 0 Å². The summed E-state index contributed by atoms with van der Waals surface area (Å²) in [5.74, 6) is -0.959. The summed E-state index contributed by atoms with van der Waals surface area (Å²) < 4.78 is 0. The fraction of sp³-hybridized carbons (Fsp3) is 0.556. The van der Waals surface area contributed by atoms with Crippen molar-refractivity contribution >= 4 is 12.3 Å². The summed E-state index contributed by atoms with van der Waals surface area (Å²) in [6, 6.07) is -0.763. The quantitative estimate of drug-likeness (QED) is 0.288. The van der Waals surface area contributed by atoms with E-state index >= 15 is 0 Å². The van der Waals surface area contributed by atoms with Gasteiger partial charge in [0.15, 0.2) is 0 Å². The van der Waals surface area contributed by atoms with E-state index in [1.54, 1.807) is 6.20 Å². The highest BCUT2D eigenvalue weighted by Crippen LogP contribution is 1.97. The van der Waals surface area contributed by atoms with Gasteiger partial charge < -0.3 is 16.2 Å². The maximum atomic E-state index is 10.3. The first kappa shape index (κ1) is 12.6. The monoisotopic (exact) mass is 200 g/mol. The average molecular weight is 200 g/mol. The molecule has 0 amide bonds. The van der Waals surface area contributed by atoms with E-state index in [1.165, 1.54) is 6.08 Å². The largest absolute Gasteiger partial charge is 0.480 e. The van der Waals surface area contributed by atoms with Gasteiger partial charge >= 0.3 is 5.97 Å². The van der Waals surface area contributed by atoms with Crippen molar-refractivity contribution in [2.45, 2.75) is 25.3 Å². The number of hydrogen-bond donors (Lipinski definition) is 3. The molecule has 0 aliphatic carbocycles. The Kier molecular flexibility index (Phi) is 7.45. The minimum atomic E-state index is -0.959. The van der Waals surface area contributed by atoms with Crippen molar-refractivity contribution in [2.75, 3.05) is 6.54 Å². The third kappa shape index (κ3) is 7.30. The summed E-state index contributed by atoms with van der Waals surface area (Å²) in [5, 5.41) is 11.4. The van der Waals surface area contributed by atoms with Crippen molar-refractivity contribution in [1.29, 1.82) is 0 Å². The molecular formula is C9H16N2O3. The summed E-state index contributed by atoms with van der Waals surface area (Å²) in [6.07, 6.45) is 5.69. The molecule has 14 heavy (non-hydrogen) atoms. The molecule has 5 heteroatoms. The number of hydrogen-bond acceptors (Lipinski definition) is 4. The smallest absolute Gasteiger partial charge is 0.320 e. The maximum absolute atomic E-state index is 10.3. The molecule has 0 aromatic rings. The van der Waals surface area contributed by atoms with Crippen molar-refractivity contribution in [3.63, 3.8) is 0 Å². The van der Waals surface area contributed by atoms with Gasteiger partial charge in [-0.3, -0.25) is 9.59 Å². The number of carbonyl (C=O) groups excluding carboxylic acids is 1. The van der Waals surface area contributed by atoms with Gasteiger partial charge in [0.05, 0.1) is 0 Å². The minimum absolute atomic E-state index is 0.481. The Morgan fingerprint density at radius 1 is 1.50 bits per heavy atom. The molecule has 0 unspecified atom stereocenters. The van der Waals surface area contributed by atoms with Gasteiger partial charge in [-0.2, -0.15) is 0 Å². The highest BCUT2D eigenvalue weighted by molar-refractivity contribution is 5.72. The zero-order valence-corrected chi connectivity index (χ0v) is 7.98. The lowest BCUT2D eigenvalue weighted by atomic mass is 10.1. The number of rotatable bonds is 8. The molecule has 0 aromatic carbocycles. The number of nitrogens with two attached hydrogens (primary N) is 1. The van der Waals surface area contributed by atoms with Gasteiger partial charge in [0.25, 0.3) is 0 Å². The van der Waals surface area contributed by atoms with Crippen LogP contribution in [0.4, 0.5) is 0 Å². The molecule has 0 aliphatic rings. The van der Waals surface area contributed by atoms with Crippen molar-refractivity contribution in [3.05, 3.63) is 12.3 Å². The Morgan fingerprint density at radius 3 is 2.79 bits per heavy atom. The third-order valence-electron chi connectivity index (χ3n) is 1.70. The Labute approximate surface area is 83.0 Å². The Hall–Kier alpha value is -1.36. The summed E-state index contributed by atoms with van der Waals surface area (Å²) in [7, 11) is 0. The first-order valence-corrected chi connectivity index (χ1v) is 4.50. The lowest BCUT2D eigenvalue weighted by Gasteiger charge is -2.05. The van der Waals surface area contributed by atoms with E-state index in [-0.39, 0.29) is 0 Å². The van der Waals surface area contributed by atoms with Gasteiger partial charge in [-0.05, 0) is 31.5 Å². The SMILES string of the molecule is N[C@@H](CCCCN/C=C/C=O)C(=O)O. The number of unbranched alkanes of at least 4 members (excludes halogenated alkanes) is 1. The van der Waals surface area contributed by atoms with Crippen LogP contribution in [0.5, 0.6) is 0 Å². The standard InChI is InChI=1S/C9H16N2O3/c10-8(9(13)14)4-1-2-5-11-6-3-7-12/h3,6-8,11H,1-2,4-5,10H2,(H,13,14)/b6-3+/t8-/m0/s1. The van der Waals surface area contributed by atoms with Crippen LogP contribution in [-0.4, -0.2) is 29.9 Å². The molecule has 0 spiro atoms. The number of carboxylic acids is 1. The van der Waals surface area contributed by atoms with Crippen LogP contribution in [0.3, 0.4) is 0 Å². The fourth-order valence-corrected chi connectivity index (χ4v) is 0.905.